The molecule has 2 aromatic rings. The molecule has 7 nitrogen and oxygen atoms in total. The van der Waals surface area contributed by atoms with Crippen LogP contribution in [-0.4, -0.2) is 40.3 Å². The maximum Gasteiger partial charge on any atom is 0.323 e. The molecule has 1 saturated heterocycles. The number of aliphatic carboxylic acids is 1. The lowest BCUT2D eigenvalue weighted by molar-refractivity contribution is -0.140. The molecule has 2 amide bonds. The topological polar surface area (TPSA) is 93.1 Å². The van der Waals surface area contributed by atoms with Crippen molar-refractivity contribution in [1.29, 1.82) is 0 Å². The molecule has 0 aromatic heterocycles. The van der Waals surface area contributed by atoms with Crippen LogP contribution in [0.4, 0.5) is 9.18 Å². The SMILES string of the molecule is CCOc1cc(/C=C2/SC(=O)N(CC(=O)O)C2=O)cc(I)c1OCc1ccc(F)cc1. The minimum absolute atomic E-state index is 0.129. The highest BCUT2D eigenvalue weighted by atomic mass is 127. The van der Waals surface area contributed by atoms with Crippen LogP contribution in [0.1, 0.15) is 18.1 Å². The highest BCUT2D eigenvalue weighted by molar-refractivity contribution is 14.1. The zero-order valence-electron chi connectivity index (χ0n) is 16.3. The number of benzene rings is 2. The molecule has 0 radical (unpaired) electrons. The van der Waals surface area contributed by atoms with E-state index in [9.17, 15) is 18.8 Å². The van der Waals surface area contributed by atoms with Crippen molar-refractivity contribution in [3.63, 3.8) is 0 Å². The van der Waals surface area contributed by atoms with Gasteiger partial charge in [-0.3, -0.25) is 19.3 Å². The van der Waals surface area contributed by atoms with Gasteiger partial charge >= 0.3 is 5.97 Å². The Hall–Kier alpha value is -2.60. The van der Waals surface area contributed by atoms with Gasteiger partial charge in [-0.25, -0.2) is 4.39 Å². The van der Waals surface area contributed by atoms with Gasteiger partial charge in [0.15, 0.2) is 11.5 Å². The standard InChI is InChI=1S/C21H17FINO6S/c1-2-29-16-8-13(9-17-20(27)24(10-18(25)26)21(28)31-17)7-15(23)19(16)30-11-12-3-5-14(22)6-4-12/h3-9H,2,10-11H2,1H3,(H,25,26)/b17-9+. The number of carbonyl (C=O) groups is 3. The van der Waals surface area contributed by atoms with E-state index in [4.69, 9.17) is 14.6 Å². The summed E-state index contributed by atoms with van der Waals surface area (Å²) in [5.41, 5.74) is 1.39. The van der Waals surface area contributed by atoms with Crippen molar-refractivity contribution < 1.29 is 33.4 Å². The highest BCUT2D eigenvalue weighted by Gasteiger charge is 2.36. The van der Waals surface area contributed by atoms with E-state index in [-0.39, 0.29) is 17.3 Å². The number of hydrogen-bond acceptors (Lipinski definition) is 6. The molecule has 1 aliphatic rings. The van der Waals surface area contributed by atoms with Gasteiger partial charge in [0.25, 0.3) is 11.1 Å². The first-order valence-electron chi connectivity index (χ1n) is 9.09. The summed E-state index contributed by atoms with van der Waals surface area (Å²) < 4.78 is 25.4. The predicted octanol–water partition coefficient (Wildman–Crippen LogP) is 4.53. The minimum atomic E-state index is -1.26. The lowest BCUT2D eigenvalue weighted by atomic mass is 10.1. The number of thioether (sulfide) groups is 1. The van der Waals surface area contributed by atoms with Crippen LogP contribution in [0.15, 0.2) is 41.3 Å². The second-order valence-electron chi connectivity index (χ2n) is 6.34. The number of rotatable bonds is 8. The smallest absolute Gasteiger partial charge is 0.323 e. The Balaban J connectivity index is 1.85. The number of hydrogen-bond donors (Lipinski definition) is 1. The van der Waals surface area contributed by atoms with Gasteiger partial charge in [-0.05, 0) is 82.7 Å². The molecule has 0 unspecified atom stereocenters. The van der Waals surface area contributed by atoms with E-state index in [0.29, 0.717) is 43.9 Å². The zero-order valence-corrected chi connectivity index (χ0v) is 19.2. The van der Waals surface area contributed by atoms with Crippen LogP contribution in [0, 0.1) is 9.39 Å². The Bertz CT molecular complexity index is 1060. The average Bonchev–Trinajstić information content (AvgIpc) is 2.96. The number of ether oxygens (including phenoxy) is 2. The molecule has 0 spiro atoms. The molecule has 31 heavy (non-hydrogen) atoms. The van der Waals surface area contributed by atoms with E-state index in [2.05, 4.69) is 22.6 Å². The fourth-order valence-electron chi connectivity index (χ4n) is 2.73. The first-order chi connectivity index (χ1) is 14.8. The Labute approximate surface area is 195 Å². The summed E-state index contributed by atoms with van der Waals surface area (Å²) in [6.07, 6.45) is 1.52. The van der Waals surface area contributed by atoms with Gasteiger partial charge in [0, 0.05) is 0 Å². The van der Waals surface area contributed by atoms with Crippen LogP contribution < -0.4 is 9.47 Å². The fraction of sp³-hybridized carbons (Fsp3) is 0.190. The maximum atomic E-state index is 13.1. The monoisotopic (exact) mass is 557 g/mol. The average molecular weight is 557 g/mol. The Morgan fingerprint density at radius 1 is 1.23 bits per heavy atom. The molecule has 1 heterocycles. The number of halogens is 2. The fourth-order valence-corrected chi connectivity index (χ4v) is 4.35. The number of carboxylic acid groups (broad SMARTS) is 1. The van der Waals surface area contributed by atoms with Crippen LogP contribution >= 0.6 is 34.4 Å². The summed E-state index contributed by atoms with van der Waals surface area (Å²) in [7, 11) is 0. The molecular formula is C21H17FINO6S. The summed E-state index contributed by atoms with van der Waals surface area (Å²) in [4.78, 5) is 36.0. The Morgan fingerprint density at radius 3 is 2.58 bits per heavy atom. The summed E-state index contributed by atoms with van der Waals surface area (Å²) in [6, 6.07) is 9.40. The maximum absolute atomic E-state index is 13.1. The molecule has 0 saturated carbocycles. The summed E-state index contributed by atoms with van der Waals surface area (Å²) in [6.45, 7) is 1.73. The van der Waals surface area contributed by atoms with Crippen molar-refractivity contribution in [1.82, 2.24) is 4.90 Å². The number of nitrogens with zero attached hydrogens (tertiary/aromatic N) is 1. The summed E-state index contributed by atoms with van der Waals surface area (Å²) in [5, 5.41) is 8.24. The molecule has 162 valence electrons. The van der Waals surface area contributed by atoms with Crippen LogP contribution in [0.3, 0.4) is 0 Å². The van der Waals surface area contributed by atoms with E-state index >= 15 is 0 Å². The normalized spacial score (nSPS) is 14.9. The van der Waals surface area contributed by atoms with Gasteiger partial charge in [0.05, 0.1) is 15.1 Å². The summed E-state index contributed by atoms with van der Waals surface area (Å²) >= 11 is 2.76. The van der Waals surface area contributed by atoms with Crippen LogP contribution in [-0.2, 0) is 16.2 Å². The number of amides is 2. The van der Waals surface area contributed by atoms with Gasteiger partial charge in [-0.15, -0.1) is 0 Å². The van der Waals surface area contributed by atoms with Gasteiger partial charge in [-0.2, -0.15) is 0 Å². The third-order valence-electron chi connectivity index (χ3n) is 4.09. The third-order valence-corrected chi connectivity index (χ3v) is 5.80. The molecule has 2 aromatic carbocycles. The van der Waals surface area contributed by atoms with Crippen molar-refractivity contribution in [2.45, 2.75) is 13.5 Å². The molecule has 0 bridgehead atoms. The van der Waals surface area contributed by atoms with Crippen LogP contribution in [0.5, 0.6) is 11.5 Å². The van der Waals surface area contributed by atoms with E-state index in [0.717, 1.165) is 5.56 Å². The van der Waals surface area contributed by atoms with Gasteiger partial charge in [0.1, 0.15) is 19.0 Å². The number of carboxylic acids is 1. The Kier molecular flexibility index (Phi) is 7.55. The molecule has 3 rings (SSSR count). The van der Waals surface area contributed by atoms with E-state index in [1.54, 1.807) is 24.3 Å². The largest absolute Gasteiger partial charge is 0.490 e. The van der Waals surface area contributed by atoms with Crippen molar-refractivity contribution in [2.75, 3.05) is 13.2 Å². The zero-order chi connectivity index (χ0) is 22.5. The van der Waals surface area contributed by atoms with Crippen molar-refractivity contribution in [2.24, 2.45) is 0 Å². The highest BCUT2D eigenvalue weighted by Crippen LogP contribution is 2.37. The molecule has 0 atom stereocenters. The molecule has 1 aliphatic heterocycles. The molecule has 10 heteroatoms. The van der Waals surface area contributed by atoms with E-state index in [1.165, 1.54) is 18.2 Å². The molecular weight excluding hydrogens is 540 g/mol. The minimum Gasteiger partial charge on any atom is -0.490 e. The first-order valence-corrected chi connectivity index (χ1v) is 11.0. The lowest BCUT2D eigenvalue weighted by Crippen LogP contribution is -2.33. The van der Waals surface area contributed by atoms with Crippen LogP contribution in [0.2, 0.25) is 0 Å². The number of imide groups is 1. The quantitative estimate of drug-likeness (QED) is 0.377. The van der Waals surface area contributed by atoms with Crippen molar-refractivity contribution >= 4 is 57.5 Å². The van der Waals surface area contributed by atoms with Gasteiger partial charge < -0.3 is 14.6 Å². The second-order valence-corrected chi connectivity index (χ2v) is 8.50. The third kappa shape index (κ3) is 5.76. The van der Waals surface area contributed by atoms with Crippen molar-refractivity contribution in [3.05, 3.63) is 61.8 Å². The second kappa shape index (κ2) is 10.1. The van der Waals surface area contributed by atoms with Crippen LogP contribution in [0.25, 0.3) is 6.08 Å². The van der Waals surface area contributed by atoms with Gasteiger partial charge in [0.2, 0.25) is 0 Å². The predicted molar refractivity (Wildman–Crippen MR) is 121 cm³/mol. The van der Waals surface area contributed by atoms with Gasteiger partial charge in [-0.1, -0.05) is 12.1 Å². The number of carbonyl (C=O) groups excluding carboxylic acids is 2. The first kappa shape index (κ1) is 23.1. The lowest BCUT2D eigenvalue weighted by Gasteiger charge is -2.15. The molecule has 0 aliphatic carbocycles. The summed E-state index contributed by atoms with van der Waals surface area (Å²) in [5.74, 6) is -1.29. The Morgan fingerprint density at radius 2 is 1.94 bits per heavy atom. The van der Waals surface area contributed by atoms with E-state index < -0.39 is 23.7 Å². The molecule has 1 N–H and O–H groups in total. The van der Waals surface area contributed by atoms with Crippen molar-refractivity contribution in [3.8, 4) is 11.5 Å². The van der Waals surface area contributed by atoms with E-state index in [1.807, 2.05) is 6.92 Å². The molecule has 1 fully saturated rings.